The zero-order valence-corrected chi connectivity index (χ0v) is 18.7. The maximum Gasteiger partial charge on any atom is 0.0867 e. The number of fused-ring (bicyclic) bond motifs is 5. The number of epoxide rings is 2. The summed E-state index contributed by atoms with van der Waals surface area (Å²) in [6.07, 6.45) is 20.5. The van der Waals surface area contributed by atoms with Crippen molar-refractivity contribution in [3.8, 4) is 0 Å². The summed E-state index contributed by atoms with van der Waals surface area (Å²) in [6.45, 7) is 5.03. The highest BCUT2D eigenvalue weighted by molar-refractivity contribution is 5.17. The molecule has 12 atom stereocenters. The van der Waals surface area contributed by atoms with E-state index < -0.39 is 0 Å². The predicted octanol–water partition coefficient (Wildman–Crippen LogP) is 6.23. The van der Waals surface area contributed by atoms with Crippen LogP contribution in [0.4, 0.5) is 0 Å². The van der Waals surface area contributed by atoms with Crippen LogP contribution in [0.25, 0.3) is 0 Å². The van der Waals surface area contributed by atoms with Crippen molar-refractivity contribution in [2.24, 2.45) is 52.8 Å². The van der Waals surface area contributed by atoms with Crippen LogP contribution in [-0.4, -0.2) is 24.4 Å². The Balaban J connectivity index is 1.34. The standard InChI is InChI=1S/C27H42O2/c1-15-11-17(13-23-25(15)28-23)27(18-12-16(2)26-24(14-18)29-26)21-9-5-3-7-19(21)20-8-4-6-10-22(20)27/h15-26H,3-14H2,1-2H3. The smallest absolute Gasteiger partial charge is 0.0867 e. The van der Waals surface area contributed by atoms with Gasteiger partial charge >= 0.3 is 0 Å². The van der Waals surface area contributed by atoms with Crippen molar-refractivity contribution in [3.63, 3.8) is 0 Å². The summed E-state index contributed by atoms with van der Waals surface area (Å²) < 4.78 is 12.4. The van der Waals surface area contributed by atoms with Gasteiger partial charge in [0.2, 0.25) is 0 Å². The number of hydrogen-bond acceptors (Lipinski definition) is 2. The molecular weight excluding hydrogens is 356 g/mol. The van der Waals surface area contributed by atoms with Gasteiger partial charge in [-0.05, 0) is 104 Å². The van der Waals surface area contributed by atoms with Crippen LogP contribution < -0.4 is 0 Å². The van der Waals surface area contributed by atoms with E-state index in [4.69, 9.17) is 9.47 Å². The Morgan fingerprint density at radius 1 is 0.586 bits per heavy atom. The largest absolute Gasteiger partial charge is 0.369 e. The molecule has 0 aromatic carbocycles. The van der Waals surface area contributed by atoms with Gasteiger partial charge < -0.3 is 9.47 Å². The molecule has 0 amide bonds. The summed E-state index contributed by atoms with van der Waals surface area (Å²) in [5.41, 5.74) is 0.631. The van der Waals surface area contributed by atoms with Gasteiger partial charge in [0.15, 0.2) is 0 Å². The molecule has 0 N–H and O–H groups in total. The molecule has 12 unspecified atom stereocenters. The molecule has 162 valence electrons. The Kier molecular flexibility index (Phi) is 4.12. The van der Waals surface area contributed by atoms with Gasteiger partial charge in [0, 0.05) is 0 Å². The normalized spacial score (nSPS) is 63.1. The fourth-order valence-electron chi connectivity index (χ4n) is 10.8. The maximum atomic E-state index is 6.21. The number of ether oxygens (including phenoxy) is 2. The van der Waals surface area contributed by atoms with Crippen molar-refractivity contribution in [1.82, 2.24) is 0 Å². The summed E-state index contributed by atoms with van der Waals surface area (Å²) in [6, 6.07) is 0. The molecule has 7 fully saturated rings. The van der Waals surface area contributed by atoms with Gasteiger partial charge in [-0.3, -0.25) is 0 Å². The van der Waals surface area contributed by atoms with E-state index in [0.29, 0.717) is 29.8 Å². The Bertz CT molecular complexity index is 603. The van der Waals surface area contributed by atoms with Gasteiger partial charge in [0.1, 0.15) is 0 Å². The summed E-state index contributed by atoms with van der Waals surface area (Å²) in [5, 5.41) is 0. The first-order chi connectivity index (χ1) is 14.2. The van der Waals surface area contributed by atoms with Crippen molar-refractivity contribution in [3.05, 3.63) is 0 Å². The third-order valence-electron chi connectivity index (χ3n) is 11.6. The topological polar surface area (TPSA) is 25.1 Å². The Hall–Kier alpha value is -0.0800. The molecule has 2 heteroatoms. The lowest BCUT2D eigenvalue weighted by molar-refractivity contribution is -0.0786. The van der Waals surface area contributed by atoms with Gasteiger partial charge in [-0.2, -0.15) is 0 Å². The molecule has 5 saturated carbocycles. The Morgan fingerprint density at radius 2 is 1.03 bits per heavy atom. The SMILES string of the molecule is CC1CC(C2(C3CC(C)C4OC4C3)C3CCCCC3C3CCCCC32)CC2OC12. The van der Waals surface area contributed by atoms with Crippen LogP contribution in [-0.2, 0) is 9.47 Å². The highest BCUT2D eigenvalue weighted by Crippen LogP contribution is 2.73. The van der Waals surface area contributed by atoms with E-state index in [2.05, 4.69) is 13.8 Å². The second kappa shape index (κ2) is 6.47. The van der Waals surface area contributed by atoms with Crippen LogP contribution >= 0.6 is 0 Å². The maximum absolute atomic E-state index is 6.21. The van der Waals surface area contributed by atoms with Crippen LogP contribution in [0.1, 0.15) is 90.9 Å². The van der Waals surface area contributed by atoms with Crippen LogP contribution in [0.2, 0.25) is 0 Å². The van der Waals surface area contributed by atoms with Gasteiger partial charge in [0.25, 0.3) is 0 Å². The van der Waals surface area contributed by atoms with Gasteiger partial charge in [-0.1, -0.05) is 39.5 Å². The average Bonchev–Trinajstić information content (AvgIpc) is 3.64. The third kappa shape index (κ3) is 2.54. The first-order valence-electron chi connectivity index (χ1n) is 13.5. The molecule has 0 aromatic heterocycles. The molecule has 7 rings (SSSR count). The van der Waals surface area contributed by atoms with E-state index in [1.54, 1.807) is 25.7 Å². The van der Waals surface area contributed by atoms with Crippen LogP contribution in [0.3, 0.4) is 0 Å². The van der Waals surface area contributed by atoms with Crippen LogP contribution in [0.5, 0.6) is 0 Å². The highest BCUT2D eigenvalue weighted by Gasteiger charge is 2.69. The Labute approximate surface area is 177 Å². The van der Waals surface area contributed by atoms with Crippen LogP contribution in [0, 0.1) is 52.8 Å². The first-order valence-corrected chi connectivity index (χ1v) is 13.5. The second-order valence-electron chi connectivity index (χ2n) is 12.7. The molecule has 0 bridgehead atoms. The molecule has 2 aliphatic heterocycles. The summed E-state index contributed by atoms with van der Waals surface area (Å²) in [4.78, 5) is 0. The monoisotopic (exact) mass is 398 g/mol. The molecule has 29 heavy (non-hydrogen) atoms. The Morgan fingerprint density at radius 3 is 1.48 bits per heavy atom. The minimum Gasteiger partial charge on any atom is -0.369 e. The molecule has 2 saturated heterocycles. The summed E-state index contributed by atoms with van der Waals surface area (Å²) in [7, 11) is 0. The molecular formula is C27H42O2. The zero-order valence-electron chi connectivity index (χ0n) is 18.7. The molecule has 5 aliphatic carbocycles. The van der Waals surface area contributed by atoms with Crippen LogP contribution in [0.15, 0.2) is 0 Å². The third-order valence-corrected chi connectivity index (χ3v) is 11.6. The van der Waals surface area contributed by atoms with Crippen molar-refractivity contribution < 1.29 is 9.47 Å². The van der Waals surface area contributed by atoms with Crippen molar-refractivity contribution in [1.29, 1.82) is 0 Å². The lowest BCUT2D eigenvalue weighted by Gasteiger charge is -2.56. The minimum absolute atomic E-state index is 0.621. The quantitative estimate of drug-likeness (QED) is 0.515. The summed E-state index contributed by atoms with van der Waals surface area (Å²) >= 11 is 0. The summed E-state index contributed by atoms with van der Waals surface area (Å²) in [5.74, 6) is 7.66. The van der Waals surface area contributed by atoms with E-state index in [1.807, 2.05) is 0 Å². The first kappa shape index (κ1) is 18.5. The van der Waals surface area contributed by atoms with E-state index in [9.17, 15) is 0 Å². The molecule has 0 spiro atoms. The number of hydrogen-bond donors (Lipinski definition) is 0. The zero-order chi connectivity index (χ0) is 19.3. The van der Waals surface area contributed by atoms with Gasteiger partial charge in [0.05, 0.1) is 24.4 Å². The lowest BCUT2D eigenvalue weighted by atomic mass is 9.48. The van der Waals surface area contributed by atoms with E-state index >= 15 is 0 Å². The molecule has 2 heterocycles. The fourth-order valence-corrected chi connectivity index (χ4v) is 10.8. The molecule has 2 nitrogen and oxygen atoms in total. The highest BCUT2D eigenvalue weighted by atomic mass is 16.6. The van der Waals surface area contributed by atoms with Crippen molar-refractivity contribution in [2.75, 3.05) is 0 Å². The fraction of sp³-hybridized carbons (Fsp3) is 1.00. The van der Waals surface area contributed by atoms with Gasteiger partial charge in [-0.15, -0.1) is 0 Å². The van der Waals surface area contributed by atoms with Gasteiger partial charge in [-0.25, -0.2) is 0 Å². The minimum atomic E-state index is 0.621. The second-order valence-corrected chi connectivity index (χ2v) is 12.7. The average molecular weight is 399 g/mol. The predicted molar refractivity (Wildman–Crippen MR) is 114 cm³/mol. The molecule has 0 aromatic rings. The molecule has 7 aliphatic rings. The van der Waals surface area contributed by atoms with Crippen molar-refractivity contribution >= 4 is 0 Å². The van der Waals surface area contributed by atoms with E-state index in [1.165, 1.54) is 51.4 Å². The number of rotatable bonds is 2. The van der Waals surface area contributed by atoms with E-state index in [-0.39, 0.29) is 0 Å². The lowest BCUT2D eigenvalue weighted by Crippen LogP contribution is -2.52. The van der Waals surface area contributed by atoms with Crippen molar-refractivity contribution in [2.45, 2.75) is 115 Å². The molecule has 0 radical (unpaired) electrons. The van der Waals surface area contributed by atoms with E-state index in [0.717, 1.165) is 47.3 Å².